The summed E-state index contributed by atoms with van der Waals surface area (Å²) in [5.74, 6) is 0.117. The number of ether oxygens (including phenoxy) is 2. The molecule has 1 aromatic carbocycles. The average molecular weight is 357 g/mol. The minimum Gasteiger partial charge on any atom is -0.493 e. The van der Waals surface area contributed by atoms with Crippen molar-refractivity contribution in [1.29, 1.82) is 0 Å². The lowest BCUT2D eigenvalue weighted by atomic mass is 10.2. The van der Waals surface area contributed by atoms with Crippen molar-refractivity contribution in [2.75, 3.05) is 24.8 Å². The molecule has 0 atom stereocenters. The standard InChI is InChI=1S/C17H19N5O4/c1-25-12-5-4-11(22-17(24)15-16(18)20-7-6-19-15)8-13(12)26-9-14(23)21-10-2-3-10/h4-8,10H,2-3,9H2,1H3,(H2,18,20)(H,21,23)(H,22,24). The number of hydrogen-bond donors (Lipinski definition) is 3. The summed E-state index contributed by atoms with van der Waals surface area (Å²) >= 11 is 0. The van der Waals surface area contributed by atoms with Crippen molar-refractivity contribution in [3.8, 4) is 11.5 Å². The highest BCUT2D eigenvalue weighted by atomic mass is 16.5. The first kappa shape index (κ1) is 17.5. The molecule has 2 amide bonds. The van der Waals surface area contributed by atoms with E-state index in [2.05, 4.69) is 20.6 Å². The molecule has 2 aromatic rings. The number of nitrogen functional groups attached to an aromatic ring is 1. The molecular weight excluding hydrogens is 338 g/mol. The lowest BCUT2D eigenvalue weighted by Gasteiger charge is -2.13. The third kappa shape index (κ3) is 4.38. The summed E-state index contributed by atoms with van der Waals surface area (Å²) in [6, 6.07) is 5.09. The first-order valence-electron chi connectivity index (χ1n) is 8.05. The highest BCUT2D eigenvalue weighted by Crippen LogP contribution is 2.30. The molecule has 4 N–H and O–H groups in total. The highest BCUT2D eigenvalue weighted by Gasteiger charge is 2.23. The molecule has 26 heavy (non-hydrogen) atoms. The second-order valence-corrected chi connectivity index (χ2v) is 5.74. The maximum atomic E-state index is 12.3. The number of carbonyl (C=O) groups excluding carboxylic acids is 2. The number of nitrogens with zero attached hydrogens (tertiary/aromatic N) is 2. The molecule has 9 heteroatoms. The van der Waals surface area contributed by atoms with Gasteiger partial charge in [-0.1, -0.05) is 0 Å². The van der Waals surface area contributed by atoms with Crippen LogP contribution in [-0.4, -0.2) is 41.5 Å². The third-order valence-electron chi connectivity index (χ3n) is 3.66. The monoisotopic (exact) mass is 357 g/mol. The number of anilines is 2. The predicted octanol–water partition coefficient (Wildman–Crippen LogP) is 0.977. The molecule has 3 rings (SSSR count). The molecule has 0 unspecified atom stereocenters. The second kappa shape index (κ2) is 7.68. The van der Waals surface area contributed by atoms with Gasteiger partial charge >= 0.3 is 0 Å². The van der Waals surface area contributed by atoms with Gasteiger partial charge in [0, 0.05) is 30.2 Å². The van der Waals surface area contributed by atoms with Crippen LogP contribution in [0.25, 0.3) is 0 Å². The molecule has 0 radical (unpaired) electrons. The van der Waals surface area contributed by atoms with Crippen LogP contribution in [0.1, 0.15) is 23.3 Å². The van der Waals surface area contributed by atoms with E-state index >= 15 is 0 Å². The van der Waals surface area contributed by atoms with Gasteiger partial charge in [-0.25, -0.2) is 9.97 Å². The van der Waals surface area contributed by atoms with Crippen LogP contribution >= 0.6 is 0 Å². The second-order valence-electron chi connectivity index (χ2n) is 5.74. The van der Waals surface area contributed by atoms with Gasteiger partial charge in [0.25, 0.3) is 11.8 Å². The molecule has 0 spiro atoms. The largest absolute Gasteiger partial charge is 0.493 e. The molecule has 1 aliphatic rings. The molecule has 1 fully saturated rings. The number of benzene rings is 1. The zero-order valence-electron chi connectivity index (χ0n) is 14.2. The Labute approximate surface area is 149 Å². The summed E-state index contributed by atoms with van der Waals surface area (Å²) in [5, 5.41) is 5.50. The Balaban J connectivity index is 1.68. The minimum absolute atomic E-state index is 0.0228. The maximum absolute atomic E-state index is 12.3. The Morgan fingerprint density at radius 1 is 1.23 bits per heavy atom. The highest BCUT2D eigenvalue weighted by molar-refractivity contribution is 6.05. The molecule has 136 valence electrons. The summed E-state index contributed by atoms with van der Waals surface area (Å²) in [7, 11) is 1.49. The van der Waals surface area contributed by atoms with E-state index < -0.39 is 5.91 Å². The van der Waals surface area contributed by atoms with Gasteiger partial charge in [0.05, 0.1) is 7.11 Å². The molecule has 1 aromatic heterocycles. The van der Waals surface area contributed by atoms with Gasteiger partial charge in [-0.3, -0.25) is 9.59 Å². The Morgan fingerprint density at radius 3 is 2.69 bits per heavy atom. The van der Waals surface area contributed by atoms with E-state index in [1.165, 1.54) is 19.5 Å². The average Bonchev–Trinajstić information content (AvgIpc) is 3.44. The van der Waals surface area contributed by atoms with Gasteiger partial charge in [0.1, 0.15) is 0 Å². The van der Waals surface area contributed by atoms with Gasteiger partial charge < -0.3 is 25.8 Å². The molecule has 0 bridgehead atoms. The quantitative estimate of drug-likeness (QED) is 0.673. The third-order valence-corrected chi connectivity index (χ3v) is 3.66. The van der Waals surface area contributed by atoms with Crippen molar-refractivity contribution >= 4 is 23.3 Å². The van der Waals surface area contributed by atoms with E-state index in [1.54, 1.807) is 18.2 Å². The van der Waals surface area contributed by atoms with Gasteiger partial charge in [-0.15, -0.1) is 0 Å². The van der Waals surface area contributed by atoms with E-state index in [4.69, 9.17) is 15.2 Å². The first-order chi connectivity index (χ1) is 12.6. The Bertz CT molecular complexity index is 823. The van der Waals surface area contributed by atoms with Crippen LogP contribution in [0, 0.1) is 0 Å². The maximum Gasteiger partial charge on any atom is 0.278 e. The first-order valence-corrected chi connectivity index (χ1v) is 8.05. The summed E-state index contributed by atoms with van der Waals surface area (Å²) in [5.41, 5.74) is 6.12. The lowest BCUT2D eigenvalue weighted by molar-refractivity contribution is -0.123. The smallest absolute Gasteiger partial charge is 0.278 e. The molecule has 0 saturated heterocycles. The van der Waals surface area contributed by atoms with Crippen molar-refractivity contribution < 1.29 is 19.1 Å². The molecule has 0 aliphatic heterocycles. The van der Waals surface area contributed by atoms with E-state index in [1.807, 2.05) is 0 Å². The SMILES string of the molecule is COc1ccc(NC(=O)c2nccnc2N)cc1OCC(=O)NC1CC1. The summed E-state index contributed by atoms with van der Waals surface area (Å²) in [6.07, 6.45) is 4.79. The van der Waals surface area contributed by atoms with Crippen molar-refractivity contribution in [3.63, 3.8) is 0 Å². The predicted molar refractivity (Wildman–Crippen MR) is 94.1 cm³/mol. The van der Waals surface area contributed by atoms with E-state index in [9.17, 15) is 9.59 Å². The number of nitrogens with two attached hydrogens (primary N) is 1. The Kier molecular flexibility index (Phi) is 5.16. The Hall–Kier alpha value is -3.36. The molecule has 9 nitrogen and oxygen atoms in total. The fourth-order valence-corrected chi connectivity index (χ4v) is 2.22. The van der Waals surface area contributed by atoms with Gasteiger partial charge in [-0.2, -0.15) is 0 Å². The summed E-state index contributed by atoms with van der Waals surface area (Å²) in [4.78, 5) is 31.8. The topological polar surface area (TPSA) is 128 Å². The summed E-state index contributed by atoms with van der Waals surface area (Å²) in [6.45, 7) is -0.138. The van der Waals surface area contributed by atoms with E-state index in [0.29, 0.717) is 17.2 Å². The van der Waals surface area contributed by atoms with Crippen LogP contribution in [-0.2, 0) is 4.79 Å². The molecular formula is C17H19N5O4. The van der Waals surface area contributed by atoms with Gasteiger partial charge in [0.15, 0.2) is 29.6 Å². The summed E-state index contributed by atoms with van der Waals surface area (Å²) < 4.78 is 10.8. The number of rotatable bonds is 7. The molecule has 1 heterocycles. The van der Waals surface area contributed by atoms with Crippen molar-refractivity contribution in [2.45, 2.75) is 18.9 Å². The number of hydrogen-bond acceptors (Lipinski definition) is 7. The lowest BCUT2D eigenvalue weighted by Crippen LogP contribution is -2.30. The number of nitrogens with one attached hydrogen (secondary N) is 2. The fourth-order valence-electron chi connectivity index (χ4n) is 2.22. The van der Waals surface area contributed by atoms with Crippen LogP contribution in [0.3, 0.4) is 0 Å². The number of aromatic nitrogens is 2. The zero-order chi connectivity index (χ0) is 18.5. The number of methoxy groups -OCH3 is 1. The van der Waals surface area contributed by atoms with Crippen LogP contribution < -0.4 is 25.8 Å². The Morgan fingerprint density at radius 2 is 2.00 bits per heavy atom. The van der Waals surface area contributed by atoms with Gasteiger partial charge in [0.2, 0.25) is 0 Å². The van der Waals surface area contributed by atoms with Crippen molar-refractivity contribution in [3.05, 3.63) is 36.3 Å². The molecule has 1 saturated carbocycles. The normalized spacial score (nSPS) is 13.0. The fraction of sp³-hybridized carbons (Fsp3) is 0.294. The van der Waals surface area contributed by atoms with Crippen LogP contribution in [0.2, 0.25) is 0 Å². The van der Waals surface area contributed by atoms with Crippen LogP contribution in [0.5, 0.6) is 11.5 Å². The number of carbonyl (C=O) groups is 2. The van der Waals surface area contributed by atoms with E-state index in [0.717, 1.165) is 12.8 Å². The van der Waals surface area contributed by atoms with Crippen molar-refractivity contribution in [1.82, 2.24) is 15.3 Å². The van der Waals surface area contributed by atoms with Crippen LogP contribution in [0.15, 0.2) is 30.6 Å². The number of amides is 2. The minimum atomic E-state index is -0.502. The van der Waals surface area contributed by atoms with E-state index in [-0.39, 0.29) is 30.1 Å². The van der Waals surface area contributed by atoms with Crippen molar-refractivity contribution in [2.24, 2.45) is 0 Å². The van der Waals surface area contributed by atoms with Gasteiger partial charge in [-0.05, 0) is 25.0 Å². The van der Waals surface area contributed by atoms with Crippen LogP contribution in [0.4, 0.5) is 11.5 Å². The zero-order valence-corrected chi connectivity index (χ0v) is 14.2. The molecule has 1 aliphatic carbocycles.